The highest BCUT2D eigenvalue weighted by Gasteiger charge is 2.25. The van der Waals surface area contributed by atoms with Crippen molar-refractivity contribution in [3.8, 4) is 0 Å². The minimum absolute atomic E-state index is 0.128. The van der Waals surface area contributed by atoms with Crippen molar-refractivity contribution in [1.29, 1.82) is 0 Å². The molecule has 1 fully saturated rings. The van der Waals surface area contributed by atoms with Crippen LogP contribution in [0, 0.1) is 11.3 Å². The van der Waals surface area contributed by atoms with Crippen LogP contribution in [0.2, 0.25) is 0 Å². The van der Waals surface area contributed by atoms with Crippen LogP contribution in [0.3, 0.4) is 0 Å². The first-order valence-corrected chi connectivity index (χ1v) is 7.95. The predicted octanol–water partition coefficient (Wildman–Crippen LogP) is 5.32. The van der Waals surface area contributed by atoms with Crippen LogP contribution in [-0.4, -0.2) is 5.78 Å². The number of hydrogen-bond acceptors (Lipinski definition) is 2. The fourth-order valence-corrected chi connectivity index (χ4v) is 2.64. The van der Waals surface area contributed by atoms with E-state index in [4.69, 9.17) is 0 Å². The van der Waals surface area contributed by atoms with Crippen LogP contribution in [0.25, 0.3) is 0 Å². The maximum absolute atomic E-state index is 11.7. The zero-order valence-corrected chi connectivity index (χ0v) is 12.8. The van der Waals surface area contributed by atoms with Crippen LogP contribution in [0.5, 0.6) is 0 Å². The van der Waals surface area contributed by atoms with Gasteiger partial charge in [0, 0.05) is 11.8 Å². The quantitative estimate of drug-likeness (QED) is 0.708. The molecular formula is C16H26OS. The molecule has 1 heterocycles. The van der Waals surface area contributed by atoms with Crippen molar-refractivity contribution in [2.45, 2.75) is 59.3 Å². The molecular weight excluding hydrogens is 240 g/mol. The van der Waals surface area contributed by atoms with E-state index in [1.165, 1.54) is 32.1 Å². The molecule has 2 heteroatoms. The van der Waals surface area contributed by atoms with E-state index in [0.29, 0.717) is 11.7 Å². The van der Waals surface area contributed by atoms with Gasteiger partial charge in [-0.25, -0.2) is 0 Å². The van der Waals surface area contributed by atoms with E-state index in [0.717, 1.165) is 6.42 Å². The van der Waals surface area contributed by atoms with E-state index in [1.807, 2.05) is 43.7 Å². The summed E-state index contributed by atoms with van der Waals surface area (Å²) in [7, 11) is 0. The topological polar surface area (TPSA) is 17.1 Å². The highest BCUT2D eigenvalue weighted by molar-refractivity contribution is 7.07. The molecule has 1 aliphatic rings. The summed E-state index contributed by atoms with van der Waals surface area (Å²) in [5.74, 6) is 1.14. The Bertz CT molecular complexity index is 298. The molecule has 0 aromatic carbocycles. The molecule has 2 rings (SSSR count). The number of hydrogen-bond donors (Lipinski definition) is 0. The number of carbonyl (C=O) groups excluding carboxylic acids is 1. The summed E-state index contributed by atoms with van der Waals surface area (Å²) >= 11 is 1.71. The average molecular weight is 266 g/mol. The van der Waals surface area contributed by atoms with Gasteiger partial charge in [-0.2, -0.15) is 11.3 Å². The van der Waals surface area contributed by atoms with Gasteiger partial charge in [-0.15, -0.1) is 0 Å². The highest BCUT2D eigenvalue weighted by atomic mass is 32.1. The Morgan fingerprint density at radius 3 is 2.06 bits per heavy atom. The zero-order valence-electron chi connectivity index (χ0n) is 11.9. The Balaban J connectivity index is 0.000000269. The SMILES string of the molecule is CC(C)(C)C(=O)CC1CCCCC1.c1ccsc1. The monoisotopic (exact) mass is 266 g/mol. The average Bonchev–Trinajstić information content (AvgIpc) is 2.87. The van der Waals surface area contributed by atoms with Gasteiger partial charge in [-0.05, 0) is 16.7 Å². The van der Waals surface area contributed by atoms with Crippen molar-refractivity contribution < 1.29 is 4.79 Å². The van der Waals surface area contributed by atoms with Crippen molar-refractivity contribution in [2.24, 2.45) is 11.3 Å². The Morgan fingerprint density at radius 1 is 1.11 bits per heavy atom. The van der Waals surface area contributed by atoms with Gasteiger partial charge in [0.05, 0.1) is 0 Å². The largest absolute Gasteiger partial charge is 0.299 e. The molecule has 0 atom stereocenters. The number of carbonyl (C=O) groups is 1. The van der Waals surface area contributed by atoms with E-state index >= 15 is 0 Å². The summed E-state index contributed by atoms with van der Waals surface area (Å²) in [6.07, 6.45) is 7.43. The molecule has 102 valence electrons. The van der Waals surface area contributed by atoms with Crippen LogP contribution >= 0.6 is 11.3 Å². The molecule has 1 aromatic heterocycles. The second-order valence-electron chi connectivity index (χ2n) is 6.17. The van der Waals surface area contributed by atoms with Crippen LogP contribution < -0.4 is 0 Å². The molecule has 18 heavy (non-hydrogen) atoms. The lowest BCUT2D eigenvalue weighted by Gasteiger charge is -2.24. The van der Waals surface area contributed by atoms with Gasteiger partial charge < -0.3 is 0 Å². The van der Waals surface area contributed by atoms with E-state index in [-0.39, 0.29) is 5.41 Å². The van der Waals surface area contributed by atoms with Crippen molar-refractivity contribution in [2.75, 3.05) is 0 Å². The van der Waals surface area contributed by atoms with Crippen molar-refractivity contribution >= 4 is 17.1 Å². The first-order chi connectivity index (χ1) is 8.50. The molecule has 1 nitrogen and oxygen atoms in total. The lowest BCUT2D eigenvalue weighted by molar-refractivity contribution is -0.127. The maximum atomic E-state index is 11.7. The summed E-state index contributed by atoms with van der Waals surface area (Å²) in [4.78, 5) is 11.7. The van der Waals surface area contributed by atoms with Gasteiger partial charge in [0.25, 0.3) is 0 Å². The lowest BCUT2D eigenvalue weighted by Crippen LogP contribution is -2.23. The van der Waals surface area contributed by atoms with E-state index in [2.05, 4.69) is 0 Å². The minimum Gasteiger partial charge on any atom is -0.299 e. The highest BCUT2D eigenvalue weighted by Crippen LogP contribution is 2.29. The third-order valence-corrected chi connectivity index (χ3v) is 4.09. The minimum atomic E-state index is -0.128. The zero-order chi connectivity index (χ0) is 13.4. The second-order valence-corrected chi connectivity index (χ2v) is 6.99. The molecule has 1 aliphatic carbocycles. The fraction of sp³-hybridized carbons (Fsp3) is 0.688. The third-order valence-electron chi connectivity index (χ3n) is 3.46. The molecule has 0 amide bonds. The molecule has 0 aliphatic heterocycles. The molecule has 1 saturated carbocycles. The summed E-state index contributed by atoms with van der Waals surface area (Å²) in [6, 6.07) is 4.04. The summed E-state index contributed by atoms with van der Waals surface area (Å²) in [6.45, 7) is 6.08. The normalized spacial score (nSPS) is 16.8. The molecule has 0 unspecified atom stereocenters. The van der Waals surface area contributed by atoms with E-state index in [1.54, 1.807) is 11.3 Å². The van der Waals surface area contributed by atoms with Gasteiger partial charge in [0.15, 0.2) is 0 Å². The number of ketones is 1. The van der Waals surface area contributed by atoms with Crippen LogP contribution in [0.4, 0.5) is 0 Å². The van der Waals surface area contributed by atoms with Crippen molar-refractivity contribution in [3.05, 3.63) is 22.9 Å². The third kappa shape index (κ3) is 6.34. The summed E-state index contributed by atoms with van der Waals surface area (Å²) < 4.78 is 0. The smallest absolute Gasteiger partial charge is 0.138 e. The number of rotatable bonds is 2. The van der Waals surface area contributed by atoms with Gasteiger partial charge in [-0.3, -0.25) is 4.79 Å². The lowest BCUT2D eigenvalue weighted by atomic mass is 9.80. The molecule has 0 spiro atoms. The Morgan fingerprint density at radius 2 is 1.67 bits per heavy atom. The van der Waals surface area contributed by atoms with Crippen molar-refractivity contribution in [1.82, 2.24) is 0 Å². The Labute approximate surface area is 116 Å². The predicted molar refractivity (Wildman–Crippen MR) is 80.0 cm³/mol. The number of thiophene rings is 1. The van der Waals surface area contributed by atoms with Gasteiger partial charge in [0.2, 0.25) is 0 Å². The fourth-order valence-electron chi connectivity index (χ4n) is 2.19. The van der Waals surface area contributed by atoms with E-state index < -0.39 is 0 Å². The van der Waals surface area contributed by atoms with E-state index in [9.17, 15) is 4.79 Å². The number of Topliss-reactive ketones (excluding diaryl/α,β-unsaturated/α-hetero) is 1. The first kappa shape index (κ1) is 15.4. The second kappa shape index (κ2) is 7.73. The van der Waals surface area contributed by atoms with Crippen molar-refractivity contribution in [3.63, 3.8) is 0 Å². The molecule has 0 bridgehead atoms. The molecule has 1 aromatic rings. The Kier molecular flexibility index (Phi) is 6.62. The molecule has 0 saturated heterocycles. The van der Waals surface area contributed by atoms with Crippen LogP contribution in [0.15, 0.2) is 22.9 Å². The van der Waals surface area contributed by atoms with Gasteiger partial charge in [0.1, 0.15) is 5.78 Å². The van der Waals surface area contributed by atoms with Gasteiger partial charge >= 0.3 is 0 Å². The summed E-state index contributed by atoms with van der Waals surface area (Å²) in [5.41, 5.74) is -0.128. The maximum Gasteiger partial charge on any atom is 0.138 e. The standard InChI is InChI=1S/C12H22O.C4H4S/c1-12(2,3)11(13)9-10-7-5-4-6-8-10;1-2-4-5-3-1/h10H,4-9H2,1-3H3;1-4H. The first-order valence-electron chi connectivity index (χ1n) is 7.00. The van der Waals surface area contributed by atoms with Crippen LogP contribution in [-0.2, 0) is 4.79 Å². The molecule has 0 N–H and O–H groups in total. The van der Waals surface area contributed by atoms with Crippen LogP contribution in [0.1, 0.15) is 59.3 Å². The summed E-state index contributed by atoms with van der Waals surface area (Å²) in [5, 5.41) is 4.08. The Hall–Kier alpha value is -0.630. The van der Waals surface area contributed by atoms with Gasteiger partial charge in [-0.1, -0.05) is 65.0 Å². The molecule has 0 radical (unpaired) electrons.